The molecule has 0 aliphatic carbocycles. The van der Waals surface area contributed by atoms with E-state index in [1.165, 1.54) is 57.8 Å². The third-order valence-electron chi connectivity index (χ3n) is 5.13. The summed E-state index contributed by atoms with van der Waals surface area (Å²) < 4.78 is 22.8. The maximum atomic E-state index is 5.79. The highest BCUT2D eigenvalue weighted by molar-refractivity contribution is 4.74. The van der Waals surface area contributed by atoms with Gasteiger partial charge in [0.15, 0.2) is 0 Å². The lowest BCUT2D eigenvalue weighted by molar-refractivity contribution is -0.380. The quantitative estimate of drug-likeness (QED) is 0.157. The minimum absolute atomic E-state index is 0.591. The van der Waals surface area contributed by atoms with Gasteiger partial charge in [0, 0.05) is 26.2 Å². The third kappa shape index (κ3) is 10.9. The van der Waals surface area contributed by atoms with Crippen molar-refractivity contribution in [1.82, 2.24) is 0 Å². The summed E-state index contributed by atoms with van der Waals surface area (Å²) in [7, 11) is 0. The van der Waals surface area contributed by atoms with Gasteiger partial charge in [-0.05, 0) is 39.5 Å². The van der Waals surface area contributed by atoms with Crippen molar-refractivity contribution in [2.45, 2.75) is 110 Å². The largest absolute Gasteiger partial charge is 0.373 e. The Bertz CT molecular complexity index is 300. The highest BCUT2D eigenvalue weighted by Crippen LogP contribution is 2.27. The molecule has 0 radical (unpaired) electrons. The number of hydrogen-bond donors (Lipinski definition) is 0. The molecule has 2 unspecified atom stereocenters. The van der Waals surface area contributed by atoms with Gasteiger partial charge < -0.3 is 18.9 Å². The van der Waals surface area contributed by atoms with Crippen LogP contribution < -0.4 is 0 Å². The fourth-order valence-corrected chi connectivity index (χ4v) is 3.85. The van der Waals surface area contributed by atoms with Gasteiger partial charge in [0.25, 0.3) is 5.97 Å². The smallest absolute Gasteiger partial charge is 0.282 e. The third-order valence-corrected chi connectivity index (χ3v) is 5.13. The van der Waals surface area contributed by atoms with Gasteiger partial charge in [-0.1, -0.05) is 58.3 Å². The van der Waals surface area contributed by atoms with E-state index in [0.717, 1.165) is 25.4 Å². The van der Waals surface area contributed by atoms with E-state index in [1.807, 2.05) is 20.8 Å². The van der Waals surface area contributed by atoms with E-state index in [9.17, 15) is 0 Å². The van der Waals surface area contributed by atoms with Crippen molar-refractivity contribution in [3.8, 4) is 0 Å². The van der Waals surface area contributed by atoms with Gasteiger partial charge in [0.1, 0.15) is 0 Å². The predicted octanol–water partition coefficient (Wildman–Crippen LogP) is 6.08. The molecule has 0 spiro atoms. The van der Waals surface area contributed by atoms with Gasteiger partial charge in [0.05, 0.1) is 12.7 Å². The second-order valence-electron chi connectivity index (χ2n) is 7.49. The molecular weight excluding hydrogens is 328 g/mol. The van der Waals surface area contributed by atoms with Crippen LogP contribution in [-0.4, -0.2) is 38.5 Å². The van der Waals surface area contributed by atoms with E-state index in [4.69, 9.17) is 18.9 Å². The number of ether oxygens (including phenoxy) is 4. The molecule has 4 nitrogen and oxygen atoms in total. The normalized spacial score (nSPS) is 18.2. The Labute approximate surface area is 162 Å². The molecular formula is C22H44O4. The van der Waals surface area contributed by atoms with Gasteiger partial charge in [0.2, 0.25) is 0 Å². The van der Waals surface area contributed by atoms with E-state index in [2.05, 4.69) is 6.92 Å². The number of epoxide rings is 1. The van der Waals surface area contributed by atoms with Gasteiger partial charge in [-0.3, -0.25) is 0 Å². The summed E-state index contributed by atoms with van der Waals surface area (Å²) in [5, 5.41) is 0. The lowest BCUT2D eigenvalue weighted by atomic mass is 9.92. The second-order valence-corrected chi connectivity index (χ2v) is 7.49. The van der Waals surface area contributed by atoms with E-state index < -0.39 is 5.97 Å². The maximum Gasteiger partial charge on any atom is 0.282 e. The monoisotopic (exact) mass is 372 g/mol. The molecule has 0 amide bonds. The molecule has 4 heteroatoms. The minimum Gasteiger partial charge on any atom is -0.373 e. The van der Waals surface area contributed by atoms with Crippen LogP contribution in [0, 0.1) is 5.92 Å². The van der Waals surface area contributed by atoms with E-state index in [-0.39, 0.29) is 0 Å². The molecule has 1 aliphatic heterocycles. The summed E-state index contributed by atoms with van der Waals surface area (Å²) >= 11 is 0. The van der Waals surface area contributed by atoms with Crippen molar-refractivity contribution < 1.29 is 18.9 Å². The number of unbranched alkanes of at least 4 members (excludes halogenated alkanes) is 5. The zero-order valence-corrected chi connectivity index (χ0v) is 17.9. The standard InChI is InChI=1S/C22H44O4/c1-5-15-20(18-21-19-23-21)16-13-11-9-10-12-14-17-22(24-6-2,25-7-3)26-8-4/h20-21H,5-19H2,1-4H3. The van der Waals surface area contributed by atoms with Crippen molar-refractivity contribution in [3.63, 3.8) is 0 Å². The molecule has 0 bridgehead atoms. The Morgan fingerprint density at radius 3 is 1.85 bits per heavy atom. The highest BCUT2D eigenvalue weighted by Gasteiger charge is 2.31. The molecule has 0 saturated carbocycles. The SMILES string of the molecule is CCCC(CCCCCCCCC(OCC)(OCC)OCC)CC1CO1. The van der Waals surface area contributed by atoms with E-state index in [0.29, 0.717) is 25.9 Å². The molecule has 0 N–H and O–H groups in total. The Balaban J connectivity index is 2.08. The fourth-order valence-electron chi connectivity index (χ4n) is 3.85. The molecule has 156 valence electrons. The summed E-state index contributed by atoms with van der Waals surface area (Å²) in [6, 6.07) is 0. The van der Waals surface area contributed by atoms with Crippen LogP contribution in [0.4, 0.5) is 0 Å². The molecule has 0 aromatic carbocycles. The minimum atomic E-state index is -0.823. The van der Waals surface area contributed by atoms with Crippen molar-refractivity contribution in [2.24, 2.45) is 5.92 Å². The molecule has 2 atom stereocenters. The topological polar surface area (TPSA) is 40.2 Å². The Kier molecular flexibility index (Phi) is 13.6. The van der Waals surface area contributed by atoms with Crippen LogP contribution in [0.1, 0.15) is 98.3 Å². The van der Waals surface area contributed by atoms with Crippen LogP contribution in [0.3, 0.4) is 0 Å². The van der Waals surface area contributed by atoms with Crippen LogP contribution in [0.15, 0.2) is 0 Å². The highest BCUT2D eigenvalue weighted by atomic mass is 16.9. The molecule has 1 aliphatic rings. The van der Waals surface area contributed by atoms with Crippen molar-refractivity contribution >= 4 is 0 Å². The lowest BCUT2D eigenvalue weighted by Gasteiger charge is -2.32. The zero-order chi connectivity index (χ0) is 19.1. The molecule has 1 rings (SSSR count). The van der Waals surface area contributed by atoms with Gasteiger partial charge in [-0.25, -0.2) is 0 Å². The van der Waals surface area contributed by atoms with Crippen molar-refractivity contribution in [2.75, 3.05) is 26.4 Å². The van der Waals surface area contributed by atoms with Gasteiger partial charge >= 0.3 is 0 Å². The maximum absolute atomic E-state index is 5.79. The average molecular weight is 373 g/mol. The zero-order valence-electron chi connectivity index (χ0n) is 17.9. The molecule has 1 heterocycles. The molecule has 0 aromatic heterocycles. The van der Waals surface area contributed by atoms with E-state index >= 15 is 0 Å². The molecule has 26 heavy (non-hydrogen) atoms. The van der Waals surface area contributed by atoms with Gasteiger partial charge in [-0.15, -0.1) is 0 Å². The molecule has 1 fully saturated rings. The number of hydrogen-bond acceptors (Lipinski definition) is 4. The van der Waals surface area contributed by atoms with Crippen molar-refractivity contribution in [3.05, 3.63) is 0 Å². The predicted molar refractivity (Wildman–Crippen MR) is 107 cm³/mol. The second kappa shape index (κ2) is 14.8. The van der Waals surface area contributed by atoms with Crippen LogP contribution in [0.2, 0.25) is 0 Å². The Morgan fingerprint density at radius 2 is 1.35 bits per heavy atom. The first-order chi connectivity index (χ1) is 12.7. The number of rotatable bonds is 19. The lowest BCUT2D eigenvalue weighted by Crippen LogP contribution is -2.39. The van der Waals surface area contributed by atoms with Crippen LogP contribution in [0.25, 0.3) is 0 Å². The summed E-state index contributed by atoms with van der Waals surface area (Å²) in [5.41, 5.74) is 0. The van der Waals surface area contributed by atoms with Crippen molar-refractivity contribution in [1.29, 1.82) is 0 Å². The summed E-state index contributed by atoms with van der Waals surface area (Å²) in [6.07, 6.45) is 14.5. The first-order valence-corrected chi connectivity index (χ1v) is 11.2. The van der Waals surface area contributed by atoms with Crippen LogP contribution in [0.5, 0.6) is 0 Å². The van der Waals surface area contributed by atoms with Gasteiger partial charge in [-0.2, -0.15) is 0 Å². The van der Waals surface area contributed by atoms with Crippen LogP contribution >= 0.6 is 0 Å². The summed E-state index contributed by atoms with van der Waals surface area (Å²) in [4.78, 5) is 0. The Morgan fingerprint density at radius 1 is 0.808 bits per heavy atom. The average Bonchev–Trinajstić information content (AvgIpc) is 3.42. The first-order valence-electron chi connectivity index (χ1n) is 11.2. The first kappa shape index (κ1) is 23.9. The molecule has 1 saturated heterocycles. The fraction of sp³-hybridized carbons (Fsp3) is 1.00. The Hall–Kier alpha value is -0.160. The summed E-state index contributed by atoms with van der Waals surface area (Å²) in [5.74, 6) is 0.0629. The van der Waals surface area contributed by atoms with E-state index in [1.54, 1.807) is 0 Å². The summed E-state index contributed by atoms with van der Waals surface area (Å²) in [6.45, 7) is 11.1. The molecule has 0 aromatic rings. The van der Waals surface area contributed by atoms with Crippen LogP contribution in [-0.2, 0) is 18.9 Å².